The monoisotopic (exact) mass is 369 g/mol. The van der Waals surface area contributed by atoms with Crippen molar-refractivity contribution in [1.29, 1.82) is 0 Å². The number of aromatic nitrogens is 3. The van der Waals surface area contributed by atoms with Gasteiger partial charge in [0, 0.05) is 19.2 Å². The van der Waals surface area contributed by atoms with Crippen LogP contribution in [0.1, 0.15) is 23.0 Å². The van der Waals surface area contributed by atoms with Gasteiger partial charge in [-0.2, -0.15) is 0 Å². The van der Waals surface area contributed by atoms with Crippen LogP contribution in [0.4, 0.5) is 5.69 Å². The summed E-state index contributed by atoms with van der Waals surface area (Å²) in [5.74, 6) is -0.504. The van der Waals surface area contributed by atoms with E-state index < -0.39 is 0 Å². The van der Waals surface area contributed by atoms with E-state index in [1.807, 2.05) is 18.2 Å². The first-order valence-electron chi connectivity index (χ1n) is 7.85. The number of para-hydroxylation sites is 1. The number of anilines is 1. The van der Waals surface area contributed by atoms with Crippen LogP contribution in [0.2, 0.25) is 5.02 Å². The van der Waals surface area contributed by atoms with Gasteiger partial charge in [0.05, 0.1) is 16.9 Å². The molecule has 1 aromatic heterocycles. The van der Waals surface area contributed by atoms with Gasteiger partial charge in [-0.3, -0.25) is 9.59 Å². The zero-order valence-electron chi connectivity index (χ0n) is 13.9. The van der Waals surface area contributed by atoms with Crippen molar-refractivity contribution in [3.8, 4) is 5.69 Å². The van der Waals surface area contributed by atoms with Gasteiger partial charge in [0.15, 0.2) is 5.69 Å². The highest BCUT2D eigenvalue weighted by molar-refractivity contribution is 6.32. The third-order valence-electron chi connectivity index (χ3n) is 3.53. The lowest BCUT2D eigenvalue weighted by atomic mass is 10.2. The van der Waals surface area contributed by atoms with Crippen molar-refractivity contribution in [1.82, 2.24) is 20.3 Å². The minimum Gasteiger partial charge on any atom is -0.347 e. The van der Waals surface area contributed by atoms with Gasteiger partial charge in [-0.05, 0) is 29.8 Å². The molecule has 0 radical (unpaired) electrons. The van der Waals surface area contributed by atoms with E-state index in [9.17, 15) is 9.59 Å². The number of hydrogen-bond acceptors (Lipinski definition) is 4. The number of hydrogen-bond donors (Lipinski definition) is 2. The summed E-state index contributed by atoms with van der Waals surface area (Å²) in [6.45, 7) is 1.74. The van der Waals surface area contributed by atoms with Crippen LogP contribution >= 0.6 is 11.6 Å². The molecule has 0 aliphatic rings. The highest BCUT2D eigenvalue weighted by Crippen LogP contribution is 2.18. The molecule has 1 heterocycles. The second kappa shape index (κ2) is 7.79. The van der Waals surface area contributed by atoms with Crippen LogP contribution in [0.5, 0.6) is 0 Å². The predicted octanol–water partition coefficient (Wildman–Crippen LogP) is 2.81. The Hall–Kier alpha value is -3.19. The van der Waals surface area contributed by atoms with E-state index in [0.29, 0.717) is 22.9 Å². The first kappa shape index (κ1) is 17.6. The van der Waals surface area contributed by atoms with E-state index in [1.165, 1.54) is 17.8 Å². The largest absolute Gasteiger partial charge is 0.347 e. The van der Waals surface area contributed by atoms with Gasteiger partial charge in [0.25, 0.3) is 5.91 Å². The van der Waals surface area contributed by atoms with Crippen molar-refractivity contribution in [2.75, 3.05) is 5.32 Å². The summed E-state index contributed by atoms with van der Waals surface area (Å²) in [4.78, 5) is 23.4. The summed E-state index contributed by atoms with van der Waals surface area (Å²) in [6, 6.07) is 14.4. The molecule has 26 heavy (non-hydrogen) atoms. The van der Waals surface area contributed by atoms with Gasteiger partial charge in [-0.15, -0.1) is 5.10 Å². The normalized spacial score (nSPS) is 10.4. The summed E-state index contributed by atoms with van der Waals surface area (Å²) in [6.07, 6.45) is 1.52. The lowest BCUT2D eigenvalue weighted by Crippen LogP contribution is -2.23. The van der Waals surface area contributed by atoms with E-state index in [4.69, 9.17) is 11.6 Å². The lowest BCUT2D eigenvalue weighted by Gasteiger charge is -2.06. The highest BCUT2D eigenvalue weighted by atomic mass is 35.5. The fourth-order valence-electron chi connectivity index (χ4n) is 2.36. The average Bonchev–Trinajstić information content (AvgIpc) is 3.10. The summed E-state index contributed by atoms with van der Waals surface area (Å²) >= 11 is 6.12. The van der Waals surface area contributed by atoms with Gasteiger partial charge in [0.2, 0.25) is 5.91 Å². The number of nitrogens with one attached hydrogen (secondary N) is 2. The van der Waals surface area contributed by atoms with Gasteiger partial charge in [-0.25, -0.2) is 4.68 Å². The summed E-state index contributed by atoms with van der Waals surface area (Å²) in [5.41, 5.74) is 2.35. The van der Waals surface area contributed by atoms with Crippen LogP contribution in [-0.2, 0) is 11.3 Å². The van der Waals surface area contributed by atoms with Crippen LogP contribution in [0.15, 0.2) is 54.7 Å². The summed E-state index contributed by atoms with van der Waals surface area (Å²) < 4.78 is 1.45. The van der Waals surface area contributed by atoms with Gasteiger partial charge in [-0.1, -0.05) is 41.1 Å². The van der Waals surface area contributed by atoms with Crippen molar-refractivity contribution < 1.29 is 9.59 Å². The van der Waals surface area contributed by atoms with Crippen molar-refractivity contribution in [2.45, 2.75) is 13.5 Å². The zero-order chi connectivity index (χ0) is 18.5. The Labute approximate surface area is 155 Å². The molecule has 0 unspecified atom stereocenters. The van der Waals surface area contributed by atoms with E-state index in [0.717, 1.165) is 5.56 Å². The molecular weight excluding hydrogens is 354 g/mol. The molecule has 2 N–H and O–H groups in total. The molecule has 7 nitrogen and oxygen atoms in total. The molecule has 132 valence electrons. The Balaban J connectivity index is 1.66. The molecule has 0 fully saturated rings. The maximum atomic E-state index is 12.3. The number of benzene rings is 2. The van der Waals surface area contributed by atoms with Crippen molar-refractivity contribution in [2.24, 2.45) is 0 Å². The lowest BCUT2D eigenvalue weighted by molar-refractivity contribution is -0.114. The second-order valence-corrected chi connectivity index (χ2v) is 5.97. The topological polar surface area (TPSA) is 88.9 Å². The number of halogens is 1. The van der Waals surface area contributed by atoms with Crippen molar-refractivity contribution in [3.63, 3.8) is 0 Å². The Morgan fingerprint density at radius 1 is 1.15 bits per heavy atom. The number of nitrogens with zero attached hydrogens (tertiary/aromatic N) is 3. The molecule has 0 aliphatic heterocycles. The van der Waals surface area contributed by atoms with Crippen LogP contribution in [0.3, 0.4) is 0 Å². The van der Waals surface area contributed by atoms with Crippen LogP contribution < -0.4 is 10.6 Å². The molecule has 8 heteroatoms. The molecule has 0 bridgehead atoms. The van der Waals surface area contributed by atoms with Gasteiger partial charge in [0.1, 0.15) is 0 Å². The first-order chi connectivity index (χ1) is 12.5. The smallest absolute Gasteiger partial charge is 0.273 e. The third-order valence-corrected chi connectivity index (χ3v) is 3.85. The molecule has 0 saturated heterocycles. The van der Waals surface area contributed by atoms with Crippen LogP contribution in [0.25, 0.3) is 5.69 Å². The minimum atomic E-state index is -0.353. The second-order valence-electron chi connectivity index (χ2n) is 5.56. The molecule has 0 atom stereocenters. The summed E-state index contributed by atoms with van der Waals surface area (Å²) in [7, 11) is 0. The molecule has 2 amide bonds. The zero-order valence-corrected chi connectivity index (χ0v) is 14.7. The molecule has 2 aromatic carbocycles. The maximum absolute atomic E-state index is 12.3. The summed E-state index contributed by atoms with van der Waals surface area (Å²) in [5, 5.41) is 13.8. The molecule has 0 spiro atoms. The van der Waals surface area contributed by atoms with Crippen LogP contribution in [-0.4, -0.2) is 26.8 Å². The molecule has 0 saturated carbocycles. The SMILES string of the molecule is CC(=O)Nc1cccc(CNC(=O)c2cn(-c3ccccc3Cl)nn2)c1. The maximum Gasteiger partial charge on any atom is 0.273 e. The average molecular weight is 370 g/mol. The standard InChI is InChI=1S/C18H16ClN5O2/c1-12(25)21-14-6-4-5-13(9-14)10-20-18(26)16-11-24(23-22-16)17-8-3-2-7-15(17)19/h2-9,11H,10H2,1H3,(H,20,26)(H,21,25). The molecule has 3 aromatic rings. The fraction of sp³-hybridized carbons (Fsp3) is 0.111. The Kier molecular flexibility index (Phi) is 5.28. The molecule has 0 aliphatic carbocycles. The van der Waals surface area contributed by atoms with Gasteiger partial charge < -0.3 is 10.6 Å². The highest BCUT2D eigenvalue weighted by Gasteiger charge is 2.12. The number of carbonyl (C=O) groups excluding carboxylic acids is 2. The quantitative estimate of drug-likeness (QED) is 0.723. The number of amides is 2. The van der Waals surface area contributed by atoms with E-state index in [1.54, 1.807) is 30.3 Å². The van der Waals surface area contributed by atoms with Crippen LogP contribution in [0, 0.1) is 0 Å². The molecule has 3 rings (SSSR count). The Morgan fingerprint density at radius 3 is 2.73 bits per heavy atom. The third kappa shape index (κ3) is 4.25. The number of rotatable bonds is 5. The van der Waals surface area contributed by atoms with E-state index in [2.05, 4.69) is 20.9 Å². The molecular formula is C18H16ClN5O2. The number of carbonyl (C=O) groups is 2. The fourth-order valence-corrected chi connectivity index (χ4v) is 2.58. The minimum absolute atomic E-state index is 0.151. The van der Waals surface area contributed by atoms with E-state index >= 15 is 0 Å². The van der Waals surface area contributed by atoms with E-state index in [-0.39, 0.29) is 17.5 Å². The van der Waals surface area contributed by atoms with Crippen molar-refractivity contribution in [3.05, 3.63) is 71.0 Å². The Bertz CT molecular complexity index is 954. The van der Waals surface area contributed by atoms with Crippen molar-refractivity contribution >= 4 is 29.1 Å². The first-order valence-corrected chi connectivity index (χ1v) is 8.23. The predicted molar refractivity (Wildman–Crippen MR) is 98.3 cm³/mol. The Morgan fingerprint density at radius 2 is 1.96 bits per heavy atom. The van der Waals surface area contributed by atoms with Gasteiger partial charge >= 0.3 is 0 Å².